The van der Waals surface area contributed by atoms with Gasteiger partial charge in [-0.3, -0.25) is 9.48 Å². The first-order valence-corrected chi connectivity index (χ1v) is 8.04. The van der Waals surface area contributed by atoms with Crippen molar-refractivity contribution in [2.24, 2.45) is 7.05 Å². The smallest absolute Gasteiger partial charge is 0.256 e. The molecule has 4 rings (SSSR count). The zero-order valence-corrected chi connectivity index (χ0v) is 13.5. The molecule has 3 heterocycles. The van der Waals surface area contributed by atoms with E-state index in [1.165, 1.54) is 0 Å². The van der Waals surface area contributed by atoms with Gasteiger partial charge in [-0.25, -0.2) is 4.98 Å². The van der Waals surface area contributed by atoms with Crippen LogP contribution in [0, 0.1) is 6.92 Å². The first-order chi connectivity index (χ1) is 11.1. The highest BCUT2D eigenvalue weighted by atomic mass is 32.1. The quantitative estimate of drug-likeness (QED) is 0.611. The second-order valence-corrected chi connectivity index (χ2v) is 6.38. The number of amides is 1. The first-order valence-electron chi connectivity index (χ1n) is 7.22. The van der Waals surface area contributed by atoms with E-state index < -0.39 is 0 Å². The van der Waals surface area contributed by atoms with Crippen LogP contribution in [0.5, 0.6) is 0 Å². The number of nitrogens with zero attached hydrogens (tertiary/aromatic N) is 3. The Morgan fingerprint density at radius 3 is 2.78 bits per heavy atom. The Morgan fingerprint density at radius 1 is 1.22 bits per heavy atom. The van der Waals surface area contributed by atoms with Gasteiger partial charge in [0.15, 0.2) is 5.82 Å². The highest BCUT2D eigenvalue weighted by Gasteiger charge is 2.19. The molecule has 1 N–H and O–H groups in total. The Labute approximate surface area is 136 Å². The Bertz CT molecular complexity index is 1030. The van der Waals surface area contributed by atoms with Crippen molar-refractivity contribution in [2.45, 2.75) is 6.92 Å². The van der Waals surface area contributed by atoms with Gasteiger partial charge in [-0.15, -0.1) is 11.3 Å². The molecule has 23 heavy (non-hydrogen) atoms. The van der Waals surface area contributed by atoms with E-state index in [9.17, 15) is 4.79 Å². The topological polar surface area (TPSA) is 59.8 Å². The summed E-state index contributed by atoms with van der Waals surface area (Å²) in [6.45, 7) is 2.06. The van der Waals surface area contributed by atoms with Crippen molar-refractivity contribution in [1.82, 2.24) is 14.8 Å². The fraction of sp³-hybridized carbons (Fsp3) is 0.118. The van der Waals surface area contributed by atoms with Gasteiger partial charge in [-0.1, -0.05) is 18.2 Å². The highest BCUT2D eigenvalue weighted by molar-refractivity contribution is 7.26. The molecule has 0 saturated carbocycles. The summed E-state index contributed by atoms with van der Waals surface area (Å²) in [6.07, 6.45) is 1.81. The lowest BCUT2D eigenvalue weighted by Crippen LogP contribution is -2.12. The fourth-order valence-corrected chi connectivity index (χ4v) is 3.91. The number of fused-ring (bicyclic) bond motifs is 3. The summed E-state index contributed by atoms with van der Waals surface area (Å²) in [5.74, 6) is 0.423. The number of pyridine rings is 1. The molecule has 0 saturated heterocycles. The summed E-state index contributed by atoms with van der Waals surface area (Å²) in [4.78, 5) is 17.8. The number of anilines is 1. The maximum atomic E-state index is 12.4. The molecule has 0 spiro atoms. The van der Waals surface area contributed by atoms with E-state index in [0.717, 1.165) is 26.0 Å². The van der Waals surface area contributed by atoms with E-state index in [0.29, 0.717) is 11.4 Å². The van der Waals surface area contributed by atoms with Crippen LogP contribution in [-0.4, -0.2) is 20.7 Å². The summed E-state index contributed by atoms with van der Waals surface area (Å²) in [6, 6.07) is 11.1. The summed E-state index contributed by atoms with van der Waals surface area (Å²) in [7, 11) is 1.89. The average molecular weight is 322 g/mol. The number of carbonyl (C=O) groups excluding carboxylic acids is 1. The molecular formula is C17H14N4OS. The number of carbonyl (C=O) groups is 1. The predicted octanol–water partition coefficient (Wildman–Crippen LogP) is 3.74. The summed E-state index contributed by atoms with van der Waals surface area (Å²) in [5.41, 5.74) is 2.78. The second kappa shape index (κ2) is 5.17. The largest absolute Gasteiger partial charge is 0.304 e. The van der Waals surface area contributed by atoms with E-state index in [-0.39, 0.29) is 5.91 Å². The standard InChI is InChI=1S/C17H14N4OS/c1-10-8-9-18-17-12(10)13-14(23-17)15(20-21(13)2)19-16(22)11-6-4-3-5-7-11/h3-9H,1-2H3,(H,19,20,22). The first kappa shape index (κ1) is 13.9. The van der Waals surface area contributed by atoms with E-state index in [2.05, 4.69) is 22.3 Å². The Kier molecular flexibility index (Phi) is 3.12. The van der Waals surface area contributed by atoms with Gasteiger partial charge in [0, 0.05) is 24.2 Å². The molecule has 6 heteroatoms. The molecule has 0 fully saturated rings. The van der Waals surface area contributed by atoms with Crippen LogP contribution in [0.2, 0.25) is 0 Å². The van der Waals surface area contributed by atoms with Crippen LogP contribution >= 0.6 is 11.3 Å². The third-order valence-electron chi connectivity index (χ3n) is 3.83. The minimum atomic E-state index is -0.160. The monoisotopic (exact) mass is 322 g/mol. The maximum absolute atomic E-state index is 12.4. The van der Waals surface area contributed by atoms with E-state index in [1.54, 1.807) is 23.5 Å². The number of rotatable bonds is 2. The number of thiophene rings is 1. The molecule has 0 aliphatic carbocycles. The molecular weight excluding hydrogens is 308 g/mol. The summed E-state index contributed by atoms with van der Waals surface area (Å²) < 4.78 is 2.76. The van der Waals surface area contributed by atoms with Crippen molar-refractivity contribution in [3.05, 3.63) is 53.7 Å². The third-order valence-corrected chi connectivity index (χ3v) is 4.93. The zero-order valence-electron chi connectivity index (χ0n) is 12.7. The zero-order chi connectivity index (χ0) is 16.0. The predicted molar refractivity (Wildman–Crippen MR) is 93.0 cm³/mol. The van der Waals surface area contributed by atoms with Crippen molar-refractivity contribution in [3.8, 4) is 0 Å². The minimum Gasteiger partial charge on any atom is -0.304 e. The molecule has 0 unspecified atom stereocenters. The van der Waals surface area contributed by atoms with Gasteiger partial charge in [0.2, 0.25) is 0 Å². The molecule has 1 aromatic carbocycles. The molecule has 1 amide bonds. The van der Waals surface area contributed by atoms with Gasteiger partial charge in [-0.05, 0) is 30.7 Å². The SMILES string of the molecule is Cc1ccnc2sc3c(NC(=O)c4ccccc4)nn(C)c3c12. The number of aromatic nitrogens is 3. The molecule has 5 nitrogen and oxygen atoms in total. The third kappa shape index (κ3) is 2.19. The maximum Gasteiger partial charge on any atom is 0.256 e. The molecule has 0 aliphatic heterocycles. The number of hydrogen-bond donors (Lipinski definition) is 1. The van der Waals surface area contributed by atoms with E-state index in [4.69, 9.17) is 0 Å². The molecule has 3 aromatic heterocycles. The van der Waals surface area contributed by atoms with Crippen LogP contribution in [0.1, 0.15) is 15.9 Å². The molecule has 0 atom stereocenters. The lowest BCUT2D eigenvalue weighted by atomic mass is 10.2. The Balaban J connectivity index is 1.84. The number of hydrogen-bond acceptors (Lipinski definition) is 4. The molecule has 114 valence electrons. The van der Waals surface area contributed by atoms with Crippen molar-refractivity contribution < 1.29 is 4.79 Å². The number of aryl methyl sites for hydroxylation is 2. The highest BCUT2D eigenvalue weighted by Crippen LogP contribution is 2.38. The Hall–Kier alpha value is -2.73. The van der Waals surface area contributed by atoms with Crippen LogP contribution in [0.4, 0.5) is 5.82 Å². The summed E-state index contributed by atoms with van der Waals surface area (Å²) in [5, 5.41) is 8.49. The normalized spacial score (nSPS) is 11.2. The van der Waals surface area contributed by atoms with Crippen LogP contribution in [0.3, 0.4) is 0 Å². The van der Waals surface area contributed by atoms with Gasteiger partial charge in [0.1, 0.15) is 4.83 Å². The van der Waals surface area contributed by atoms with Gasteiger partial charge >= 0.3 is 0 Å². The van der Waals surface area contributed by atoms with Crippen LogP contribution in [0.15, 0.2) is 42.6 Å². The van der Waals surface area contributed by atoms with Crippen molar-refractivity contribution >= 4 is 43.5 Å². The minimum absolute atomic E-state index is 0.160. The van der Waals surface area contributed by atoms with E-state index in [1.807, 2.05) is 42.2 Å². The molecule has 0 aliphatic rings. The fourth-order valence-electron chi connectivity index (χ4n) is 2.72. The van der Waals surface area contributed by atoms with Crippen LogP contribution < -0.4 is 5.32 Å². The molecule has 4 aromatic rings. The van der Waals surface area contributed by atoms with Crippen LogP contribution in [-0.2, 0) is 7.05 Å². The molecule has 0 bridgehead atoms. The van der Waals surface area contributed by atoms with Crippen molar-refractivity contribution in [1.29, 1.82) is 0 Å². The Morgan fingerprint density at radius 2 is 2.00 bits per heavy atom. The lowest BCUT2D eigenvalue weighted by Gasteiger charge is -2.01. The molecule has 0 radical (unpaired) electrons. The average Bonchev–Trinajstić information content (AvgIpc) is 3.08. The summed E-state index contributed by atoms with van der Waals surface area (Å²) >= 11 is 1.55. The van der Waals surface area contributed by atoms with Gasteiger partial charge in [0.05, 0.1) is 10.2 Å². The number of nitrogens with one attached hydrogen (secondary N) is 1. The van der Waals surface area contributed by atoms with Crippen molar-refractivity contribution in [3.63, 3.8) is 0 Å². The second-order valence-electron chi connectivity index (χ2n) is 5.38. The van der Waals surface area contributed by atoms with E-state index >= 15 is 0 Å². The lowest BCUT2D eigenvalue weighted by molar-refractivity contribution is 0.102. The van der Waals surface area contributed by atoms with Crippen LogP contribution in [0.25, 0.3) is 20.4 Å². The van der Waals surface area contributed by atoms with Crippen molar-refractivity contribution in [2.75, 3.05) is 5.32 Å². The van der Waals surface area contributed by atoms with Gasteiger partial charge < -0.3 is 5.32 Å². The van der Waals surface area contributed by atoms with Gasteiger partial charge in [0.25, 0.3) is 5.91 Å². The van der Waals surface area contributed by atoms with Gasteiger partial charge in [-0.2, -0.15) is 5.10 Å². The number of benzene rings is 1.